The van der Waals surface area contributed by atoms with Crippen LogP contribution in [0.4, 0.5) is 4.79 Å². The van der Waals surface area contributed by atoms with Gasteiger partial charge in [-0.05, 0) is 49.0 Å². The Balaban J connectivity index is 0.000000582. The Kier molecular flexibility index (Phi) is 11.0. The molecule has 2 aromatic carbocycles. The molecule has 182 valence electrons. The highest BCUT2D eigenvalue weighted by molar-refractivity contribution is 6.99. The highest BCUT2D eigenvalue weighted by atomic mass is 28.4. The van der Waals surface area contributed by atoms with Crippen molar-refractivity contribution in [3.63, 3.8) is 0 Å². The van der Waals surface area contributed by atoms with Crippen LogP contribution in [0.5, 0.6) is 0 Å². The normalized spacial score (nSPS) is 12.8. The van der Waals surface area contributed by atoms with E-state index >= 15 is 0 Å². The number of ether oxygens (including phenoxy) is 1. The molecule has 1 atom stereocenters. The van der Waals surface area contributed by atoms with Crippen molar-refractivity contribution in [3.05, 3.63) is 73.3 Å². The first kappa shape index (κ1) is 28.6. The van der Waals surface area contributed by atoms with Gasteiger partial charge < -0.3 is 20.0 Å². The summed E-state index contributed by atoms with van der Waals surface area (Å²) in [6, 6.07) is 21.2. The minimum Gasteiger partial charge on any atom is -0.444 e. The van der Waals surface area contributed by atoms with Crippen molar-refractivity contribution >= 4 is 24.8 Å². The Hall–Kier alpha value is -2.41. The highest BCUT2D eigenvalue weighted by Gasteiger charge is 2.50. The van der Waals surface area contributed by atoms with Crippen LogP contribution in [0.15, 0.2) is 73.3 Å². The van der Waals surface area contributed by atoms with Crippen molar-refractivity contribution in [3.8, 4) is 0 Å². The number of carbonyl (C=O) groups is 1. The first-order chi connectivity index (χ1) is 15.3. The summed E-state index contributed by atoms with van der Waals surface area (Å²) in [5, 5.41) is 12.6. The number of aliphatic hydroxyl groups is 1. The summed E-state index contributed by atoms with van der Waals surface area (Å²) < 4.78 is 11.3. The molecule has 2 rings (SSSR count). The third-order valence-electron chi connectivity index (χ3n) is 5.03. The summed E-state index contributed by atoms with van der Waals surface area (Å²) >= 11 is 0. The summed E-state index contributed by atoms with van der Waals surface area (Å²) in [6.07, 6.45) is 1.86. The summed E-state index contributed by atoms with van der Waals surface area (Å²) in [4.78, 5) is 10.0. The standard InChI is InChI=1S/C22H30O2Si.C5H11NO2/c1-5-12-19(23)17-18-24-25(22(2,3)4,20-13-8-6-9-14-20)21-15-10-7-11-16-21;1-5(2,3)8-4(6)7/h5-11,13-16,19,23H,1,12,17-18H2,2-4H3;1-3H3,(H2,6,7). The lowest BCUT2D eigenvalue weighted by atomic mass is 10.2. The van der Waals surface area contributed by atoms with Gasteiger partial charge in [0.2, 0.25) is 0 Å². The van der Waals surface area contributed by atoms with E-state index in [0.29, 0.717) is 19.4 Å². The van der Waals surface area contributed by atoms with Gasteiger partial charge in [0.1, 0.15) is 5.60 Å². The Bertz CT molecular complexity index is 802. The molecule has 0 aliphatic heterocycles. The molecular weight excluding hydrogens is 430 g/mol. The van der Waals surface area contributed by atoms with Crippen molar-refractivity contribution < 1.29 is 19.1 Å². The first-order valence-electron chi connectivity index (χ1n) is 11.4. The van der Waals surface area contributed by atoms with Crippen molar-refractivity contribution in [2.75, 3.05) is 6.61 Å². The van der Waals surface area contributed by atoms with E-state index in [1.54, 1.807) is 26.8 Å². The Labute approximate surface area is 200 Å². The summed E-state index contributed by atoms with van der Waals surface area (Å²) in [5.41, 5.74) is 4.26. The number of hydrogen-bond acceptors (Lipinski definition) is 4. The average molecular weight is 472 g/mol. The molecule has 0 radical (unpaired) electrons. The molecule has 0 fully saturated rings. The highest BCUT2D eigenvalue weighted by Crippen LogP contribution is 2.36. The molecule has 33 heavy (non-hydrogen) atoms. The lowest BCUT2D eigenvalue weighted by Gasteiger charge is -2.43. The molecule has 0 bridgehead atoms. The van der Waals surface area contributed by atoms with Gasteiger partial charge in [-0.1, -0.05) is 87.5 Å². The minimum absolute atomic E-state index is 0.0287. The van der Waals surface area contributed by atoms with E-state index in [2.05, 4.69) is 80.6 Å². The van der Waals surface area contributed by atoms with E-state index in [1.807, 2.05) is 12.1 Å². The van der Waals surface area contributed by atoms with Gasteiger partial charge in [-0.2, -0.15) is 0 Å². The molecule has 5 nitrogen and oxygen atoms in total. The van der Waals surface area contributed by atoms with Gasteiger partial charge in [-0.3, -0.25) is 0 Å². The molecule has 0 saturated carbocycles. The Morgan fingerprint density at radius 1 is 1.00 bits per heavy atom. The molecule has 0 heterocycles. The van der Waals surface area contributed by atoms with Crippen LogP contribution in [0.1, 0.15) is 54.4 Å². The van der Waals surface area contributed by atoms with E-state index in [1.165, 1.54) is 10.4 Å². The number of amides is 1. The van der Waals surface area contributed by atoms with Crippen molar-refractivity contribution in [2.45, 2.75) is 71.1 Å². The second-order valence-corrected chi connectivity index (χ2v) is 14.3. The van der Waals surface area contributed by atoms with Crippen molar-refractivity contribution in [1.82, 2.24) is 0 Å². The Morgan fingerprint density at radius 3 is 1.76 bits per heavy atom. The van der Waals surface area contributed by atoms with E-state index in [0.717, 1.165) is 0 Å². The van der Waals surface area contributed by atoms with Gasteiger partial charge in [0.25, 0.3) is 8.32 Å². The molecule has 0 aliphatic rings. The first-order valence-corrected chi connectivity index (χ1v) is 13.3. The zero-order chi connectivity index (χ0) is 25.1. The van der Waals surface area contributed by atoms with Crippen LogP contribution in [0.25, 0.3) is 0 Å². The van der Waals surface area contributed by atoms with Gasteiger partial charge in [-0.25, -0.2) is 4.79 Å². The maximum Gasteiger partial charge on any atom is 0.405 e. The van der Waals surface area contributed by atoms with Gasteiger partial charge in [0, 0.05) is 6.61 Å². The molecular formula is C27H41NO4Si. The maximum atomic E-state index is 10.1. The number of nitrogens with two attached hydrogens (primary N) is 1. The third kappa shape index (κ3) is 9.16. The summed E-state index contributed by atoms with van der Waals surface area (Å²) in [7, 11) is -2.48. The fraction of sp³-hybridized carbons (Fsp3) is 0.444. The van der Waals surface area contributed by atoms with Crippen molar-refractivity contribution in [2.24, 2.45) is 5.73 Å². The number of carbonyl (C=O) groups excluding carboxylic acids is 1. The quantitative estimate of drug-likeness (QED) is 0.429. The second-order valence-electron chi connectivity index (χ2n) is 10.0. The third-order valence-corrected chi connectivity index (χ3v) is 10.1. The van der Waals surface area contributed by atoms with Gasteiger partial charge in [0.05, 0.1) is 6.10 Å². The van der Waals surface area contributed by atoms with E-state index in [-0.39, 0.29) is 5.04 Å². The molecule has 0 saturated heterocycles. The number of benzene rings is 2. The number of aliphatic hydroxyl groups excluding tert-OH is 1. The molecule has 1 amide bonds. The maximum absolute atomic E-state index is 10.1. The van der Waals surface area contributed by atoms with E-state index in [4.69, 9.17) is 10.2 Å². The lowest BCUT2D eigenvalue weighted by molar-refractivity contribution is 0.0600. The van der Waals surface area contributed by atoms with Gasteiger partial charge in [-0.15, -0.1) is 6.58 Å². The fourth-order valence-electron chi connectivity index (χ4n) is 3.72. The monoisotopic (exact) mass is 471 g/mol. The smallest absolute Gasteiger partial charge is 0.405 e. The second kappa shape index (κ2) is 12.7. The molecule has 0 spiro atoms. The molecule has 1 unspecified atom stereocenters. The van der Waals surface area contributed by atoms with Crippen molar-refractivity contribution in [1.29, 1.82) is 0 Å². The number of rotatable bonds is 8. The molecule has 2 aromatic rings. The molecule has 6 heteroatoms. The van der Waals surface area contributed by atoms with Crippen LogP contribution in [-0.2, 0) is 9.16 Å². The van der Waals surface area contributed by atoms with Gasteiger partial charge >= 0.3 is 6.09 Å². The molecule has 0 aliphatic carbocycles. The lowest BCUT2D eigenvalue weighted by Crippen LogP contribution is -2.66. The number of hydrogen-bond donors (Lipinski definition) is 2. The van der Waals surface area contributed by atoms with Crippen LogP contribution in [-0.4, -0.2) is 37.8 Å². The van der Waals surface area contributed by atoms with Crippen LogP contribution in [0.2, 0.25) is 5.04 Å². The summed E-state index contributed by atoms with van der Waals surface area (Å²) in [6.45, 7) is 16.3. The van der Waals surface area contributed by atoms with E-state index in [9.17, 15) is 9.90 Å². The minimum atomic E-state index is -2.48. The largest absolute Gasteiger partial charge is 0.444 e. The fourth-order valence-corrected chi connectivity index (χ4v) is 8.30. The zero-order valence-corrected chi connectivity index (χ0v) is 22.0. The summed E-state index contributed by atoms with van der Waals surface area (Å²) in [5.74, 6) is 0. The van der Waals surface area contributed by atoms with Crippen LogP contribution < -0.4 is 16.1 Å². The number of primary amides is 1. The zero-order valence-electron chi connectivity index (χ0n) is 21.0. The predicted molar refractivity (Wildman–Crippen MR) is 139 cm³/mol. The Morgan fingerprint density at radius 2 is 1.45 bits per heavy atom. The average Bonchev–Trinajstić information content (AvgIpc) is 2.70. The SMILES string of the molecule is C=CCC(O)CCO[Si](c1ccccc1)(c1ccccc1)C(C)(C)C.CC(C)(C)OC(N)=O. The van der Waals surface area contributed by atoms with Crippen LogP contribution in [0, 0.1) is 0 Å². The predicted octanol–water partition coefficient (Wildman–Crippen LogP) is 4.77. The van der Waals surface area contributed by atoms with Crippen LogP contribution >= 0.6 is 0 Å². The van der Waals surface area contributed by atoms with Gasteiger partial charge in [0.15, 0.2) is 0 Å². The molecule has 3 N–H and O–H groups in total. The van der Waals surface area contributed by atoms with Crippen LogP contribution in [0.3, 0.4) is 0 Å². The molecule has 0 aromatic heterocycles. The van der Waals surface area contributed by atoms with E-state index < -0.39 is 26.1 Å². The topological polar surface area (TPSA) is 81.8 Å².